The first kappa shape index (κ1) is 12.2. The van der Waals surface area contributed by atoms with E-state index < -0.39 is 0 Å². The fourth-order valence-corrected chi connectivity index (χ4v) is 3.66. The Labute approximate surface area is 125 Å². The Hall–Kier alpha value is -2.53. The van der Waals surface area contributed by atoms with Crippen molar-refractivity contribution in [3.8, 4) is 10.7 Å². The van der Waals surface area contributed by atoms with Crippen molar-refractivity contribution in [3.63, 3.8) is 0 Å². The molecule has 0 aliphatic heterocycles. The number of hydrogen-bond donors (Lipinski definition) is 1. The predicted octanol–water partition coefficient (Wildman–Crippen LogP) is 3.67. The largest absolute Gasteiger partial charge is 0.214 e. The van der Waals surface area contributed by atoms with Gasteiger partial charge in [-0.1, -0.05) is 48.5 Å². The van der Waals surface area contributed by atoms with Crippen LogP contribution < -0.4 is 0 Å². The molecule has 5 heteroatoms. The molecule has 4 rings (SSSR count). The Morgan fingerprint density at radius 2 is 1.76 bits per heavy atom. The van der Waals surface area contributed by atoms with Crippen LogP contribution in [0.5, 0.6) is 0 Å². The van der Waals surface area contributed by atoms with Crippen molar-refractivity contribution in [2.45, 2.75) is 6.42 Å². The van der Waals surface area contributed by atoms with E-state index in [-0.39, 0.29) is 0 Å². The van der Waals surface area contributed by atoms with Gasteiger partial charge in [-0.2, -0.15) is 5.21 Å². The number of tetrazole rings is 1. The zero-order valence-electron chi connectivity index (χ0n) is 11.2. The minimum atomic E-state index is 0.669. The lowest BCUT2D eigenvalue weighted by Crippen LogP contribution is -1.90. The molecule has 4 nitrogen and oxygen atoms in total. The van der Waals surface area contributed by atoms with Crippen LogP contribution in [0.1, 0.15) is 11.1 Å². The number of aromatic nitrogens is 4. The summed E-state index contributed by atoms with van der Waals surface area (Å²) in [7, 11) is 0. The molecule has 0 radical (unpaired) electrons. The van der Waals surface area contributed by atoms with Crippen LogP contribution in [-0.2, 0) is 6.42 Å². The lowest BCUT2D eigenvalue weighted by Gasteiger charge is -2.02. The maximum absolute atomic E-state index is 4.15. The summed E-state index contributed by atoms with van der Waals surface area (Å²) in [5.74, 6) is 0.669. The fourth-order valence-electron chi connectivity index (χ4n) is 2.51. The van der Waals surface area contributed by atoms with Crippen molar-refractivity contribution >= 4 is 21.4 Å². The normalized spacial score (nSPS) is 11.0. The first-order valence-electron chi connectivity index (χ1n) is 6.70. The molecule has 2 heterocycles. The van der Waals surface area contributed by atoms with Gasteiger partial charge < -0.3 is 0 Å². The van der Waals surface area contributed by atoms with Crippen molar-refractivity contribution in [1.29, 1.82) is 0 Å². The highest BCUT2D eigenvalue weighted by atomic mass is 32.1. The van der Waals surface area contributed by atoms with E-state index in [2.05, 4.69) is 69.2 Å². The van der Waals surface area contributed by atoms with Crippen LogP contribution in [0.15, 0.2) is 54.6 Å². The molecule has 0 aliphatic carbocycles. The number of rotatable bonds is 3. The molecular weight excluding hydrogens is 280 g/mol. The van der Waals surface area contributed by atoms with Crippen LogP contribution >= 0.6 is 11.3 Å². The predicted molar refractivity (Wildman–Crippen MR) is 84.2 cm³/mol. The van der Waals surface area contributed by atoms with Crippen LogP contribution in [0.2, 0.25) is 0 Å². The van der Waals surface area contributed by atoms with Gasteiger partial charge >= 0.3 is 0 Å². The lowest BCUT2D eigenvalue weighted by atomic mass is 10.0. The zero-order valence-corrected chi connectivity index (χ0v) is 12.0. The molecule has 2 aromatic heterocycles. The van der Waals surface area contributed by atoms with Crippen molar-refractivity contribution in [3.05, 3.63) is 65.7 Å². The quantitative estimate of drug-likeness (QED) is 0.627. The zero-order chi connectivity index (χ0) is 14.1. The van der Waals surface area contributed by atoms with E-state index in [1.54, 1.807) is 11.3 Å². The summed E-state index contributed by atoms with van der Waals surface area (Å²) in [4.78, 5) is 1.09. The molecule has 0 spiro atoms. The highest BCUT2D eigenvalue weighted by Gasteiger charge is 2.16. The molecule has 4 aromatic rings. The number of H-pyrrole nitrogens is 1. The van der Waals surface area contributed by atoms with Gasteiger partial charge in [0.15, 0.2) is 0 Å². The third kappa shape index (κ3) is 2.21. The molecule has 102 valence electrons. The maximum Gasteiger partial charge on any atom is 0.214 e. The van der Waals surface area contributed by atoms with E-state index in [1.807, 2.05) is 6.07 Å². The summed E-state index contributed by atoms with van der Waals surface area (Å²) in [6.45, 7) is 0. The second-order valence-corrected chi connectivity index (χ2v) is 5.86. The highest BCUT2D eigenvalue weighted by Crippen LogP contribution is 2.37. The van der Waals surface area contributed by atoms with Crippen LogP contribution in [-0.4, -0.2) is 20.6 Å². The van der Waals surface area contributed by atoms with Gasteiger partial charge in [0.05, 0.1) is 4.88 Å². The first-order valence-corrected chi connectivity index (χ1v) is 7.51. The molecule has 0 fully saturated rings. The van der Waals surface area contributed by atoms with Gasteiger partial charge in [0.1, 0.15) is 0 Å². The summed E-state index contributed by atoms with van der Waals surface area (Å²) < 4.78 is 1.25. The number of benzene rings is 2. The SMILES string of the molecule is c1ccc(Cc2c(-c3nn[nH]n3)sc3ccccc23)cc1. The van der Waals surface area contributed by atoms with Gasteiger partial charge in [-0.25, -0.2) is 0 Å². The van der Waals surface area contributed by atoms with Gasteiger partial charge in [-0.15, -0.1) is 21.5 Å². The Morgan fingerprint density at radius 3 is 2.57 bits per heavy atom. The van der Waals surface area contributed by atoms with E-state index >= 15 is 0 Å². The van der Waals surface area contributed by atoms with Crippen LogP contribution in [0.3, 0.4) is 0 Å². The molecule has 0 atom stereocenters. The molecular formula is C16H12N4S. The van der Waals surface area contributed by atoms with Crippen molar-refractivity contribution in [2.24, 2.45) is 0 Å². The Kier molecular flexibility index (Phi) is 2.97. The molecule has 0 unspecified atom stereocenters. The van der Waals surface area contributed by atoms with Crippen molar-refractivity contribution in [1.82, 2.24) is 20.6 Å². The first-order chi connectivity index (χ1) is 10.4. The second kappa shape index (κ2) is 5.10. The van der Waals surface area contributed by atoms with Crippen molar-refractivity contribution < 1.29 is 0 Å². The van der Waals surface area contributed by atoms with E-state index in [0.717, 1.165) is 11.3 Å². The Bertz CT molecular complexity index is 866. The summed E-state index contributed by atoms with van der Waals surface area (Å²) in [6, 6.07) is 18.9. The van der Waals surface area contributed by atoms with E-state index in [0.29, 0.717) is 5.82 Å². The molecule has 21 heavy (non-hydrogen) atoms. The average molecular weight is 292 g/mol. The standard InChI is InChI=1S/C16H12N4S/c1-2-6-11(7-3-1)10-13-12-8-4-5-9-14(12)21-15(13)16-17-19-20-18-16/h1-9H,10H2,(H,17,18,19,20). The lowest BCUT2D eigenvalue weighted by molar-refractivity contribution is 0.881. The van der Waals surface area contributed by atoms with Crippen LogP contribution in [0.4, 0.5) is 0 Å². The van der Waals surface area contributed by atoms with E-state index in [1.165, 1.54) is 21.2 Å². The number of hydrogen-bond acceptors (Lipinski definition) is 4. The van der Waals surface area contributed by atoms with Crippen LogP contribution in [0.25, 0.3) is 20.8 Å². The molecule has 0 bridgehead atoms. The van der Waals surface area contributed by atoms with Gasteiger partial charge in [0, 0.05) is 4.70 Å². The number of thiophene rings is 1. The Morgan fingerprint density at radius 1 is 0.952 bits per heavy atom. The third-order valence-electron chi connectivity index (χ3n) is 3.47. The summed E-state index contributed by atoms with van der Waals surface area (Å²) in [6.07, 6.45) is 0.870. The van der Waals surface area contributed by atoms with Gasteiger partial charge in [0.25, 0.3) is 0 Å². The molecule has 0 aliphatic rings. The van der Waals surface area contributed by atoms with Gasteiger partial charge in [-0.05, 0) is 34.2 Å². The third-order valence-corrected chi connectivity index (χ3v) is 4.68. The number of nitrogens with zero attached hydrogens (tertiary/aromatic N) is 3. The maximum atomic E-state index is 4.15. The minimum absolute atomic E-state index is 0.669. The summed E-state index contributed by atoms with van der Waals surface area (Å²) >= 11 is 1.72. The van der Waals surface area contributed by atoms with Gasteiger partial charge in [0.2, 0.25) is 5.82 Å². The minimum Gasteiger partial charge on any atom is -0.177 e. The fraction of sp³-hybridized carbons (Fsp3) is 0.0625. The van der Waals surface area contributed by atoms with E-state index in [9.17, 15) is 0 Å². The number of fused-ring (bicyclic) bond motifs is 1. The molecule has 0 saturated heterocycles. The highest BCUT2D eigenvalue weighted by molar-refractivity contribution is 7.22. The van der Waals surface area contributed by atoms with E-state index in [4.69, 9.17) is 0 Å². The summed E-state index contributed by atoms with van der Waals surface area (Å²) in [5, 5.41) is 15.8. The topological polar surface area (TPSA) is 54.5 Å². The molecule has 1 N–H and O–H groups in total. The monoisotopic (exact) mass is 292 g/mol. The number of aromatic amines is 1. The molecule has 0 saturated carbocycles. The smallest absolute Gasteiger partial charge is 0.177 e. The van der Waals surface area contributed by atoms with Gasteiger partial charge in [-0.3, -0.25) is 0 Å². The van der Waals surface area contributed by atoms with Crippen molar-refractivity contribution in [2.75, 3.05) is 0 Å². The van der Waals surface area contributed by atoms with Crippen LogP contribution in [0, 0.1) is 0 Å². The molecule has 0 amide bonds. The second-order valence-electron chi connectivity index (χ2n) is 4.80. The summed E-state index contributed by atoms with van der Waals surface area (Å²) in [5.41, 5.74) is 2.55. The number of nitrogens with one attached hydrogen (secondary N) is 1. The Balaban J connectivity index is 1.91. The molecule has 2 aromatic carbocycles. The average Bonchev–Trinajstić information content (AvgIpc) is 3.16.